The predicted octanol–water partition coefficient (Wildman–Crippen LogP) is 1.61. The predicted molar refractivity (Wildman–Crippen MR) is 57.5 cm³/mol. The number of aliphatic hydroxyl groups is 1. The summed E-state index contributed by atoms with van der Waals surface area (Å²) < 4.78 is 26.2. The number of amides is 1. The summed E-state index contributed by atoms with van der Waals surface area (Å²) in [5.41, 5.74) is -0.330. The molecule has 0 aromatic heterocycles. The molecule has 0 bridgehead atoms. The molecule has 0 spiro atoms. The third-order valence-electron chi connectivity index (χ3n) is 2.97. The molecule has 0 unspecified atom stereocenters. The highest BCUT2D eigenvalue weighted by molar-refractivity contribution is 5.94. The number of aliphatic hydroxyl groups excluding tert-OH is 1. The standard InChI is InChI=1S/C12H13F2NO2/c13-7-4-5-9(14)8(6-7)12(17)15-10-2-1-3-11(10)16/h4-6,10-11,16H,1-3H2,(H,15,17)/t10-,11+/m1/s1. The first-order chi connectivity index (χ1) is 8.08. The maximum atomic E-state index is 13.3. The first-order valence-corrected chi connectivity index (χ1v) is 5.52. The molecule has 0 heterocycles. The molecule has 1 aromatic carbocycles. The van der Waals surface area contributed by atoms with E-state index in [-0.39, 0.29) is 11.6 Å². The van der Waals surface area contributed by atoms with Crippen molar-refractivity contribution in [3.8, 4) is 0 Å². The highest BCUT2D eigenvalue weighted by Crippen LogP contribution is 2.19. The van der Waals surface area contributed by atoms with E-state index in [1.54, 1.807) is 0 Å². The van der Waals surface area contributed by atoms with E-state index in [4.69, 9.17) is 0 Å². The van der Waals surface area contributed by atoms with Crippen LogP contribution in [0.15, 0.2) is 18.2 Å². The van der Waals surface area contributed by atoms with Gasteiger partial charge in [0, 0.05) is 0 Å². The topological polar surface area (TPSA) is 49.3 Å². The summed E-state index contributed by atoms with van der Waals surface area (Å²) >= 11 is 0. The molecule has 0 saturated heterocycles. The van der Waals surface area contributed by atoms with Crippen LogP contribution < -0.4 is 5.32 Å². The molecule has 2 N–H and O–H groups in total. The van der Waals surface area contributed by atoms with Gasteiger partial charge in [-0.2, -0.15) is 0 Å². The molecule has 1 saturated carbocycles. The summed E-state index contributed by atoms with van der Waals surface area (Å²) in [5, 5.41) is 12.0. The number of halogens is 2. The fraction of sp³-hybridized carbons (Fsp3) is 0.417. The molecule has 0 radical (unpaired) electrons. The van der Waals surface area contributed by atoms with Crippen LogP contribution >= 0.6 is 0 Å². The number of nitrogens with one attached hydrogen (secondary N) is 1. The molecule has 1 aliphatic carbocycles. The number of benzene rings is 1. The van der Waals surface area contributed by atoms with E-state index in [1.165, 1.54) is 0 Å². The molecule has 17 heavy (non-hydrogen) atoms. The van der Waals surface area contributed by atoms with E-state index < -0.39 is 23.6 Å². The van der Waals surface area contributed by atoms with Gasteiger partial charge in [-0.1, -0.05) is 0 Å². The van der Waals surface area contributed by atoms with Crippen LogP contribution in [0, 0.1) is 11.6 Å². The van der Waals surface area contributed by atoms with Crippen LogP contribution in [0.5, 0.6) is 0 Å². The minimum absolute atomic E-state index is 0.330. The minimum atomic E-state index is -0.767. The van der Waals surface area contributed by atoms with Crippen LogP contribution in [0.3, 0.4) is 0 Å². The minimum Gasteiger partial charge on any atom is -0.391 e. The molecule has 1 aromatic rings. The molecule has 1 aliphatic rings. The molecular weight excluding hydrogens is 228 g/mol. The van der Waals surface area contributed by atoms with Gasteiger partial charge < -0.3 is 10.4 Å². The van der Waals surface area contributed by atoms with Crippen molar-refractivity contribution >= 4 is 5.91 Å². The van der Waals surface area contributed by atoms with Crippen molar-refractivity contribution < 1.29 is 18.7 Å². The first kappa shape index (κ1) is 12.0. The van der Waals surface area contributed by atoms with E-state index in [0.717, 1.165) is 24.6 Å². The zero-order valence-electron chi connectivity index (χ0n) is 9.12. The van der Waals surface area contributed by atoms with Crippen LogP contribution in [0.4, 0.5) is 8.78 Å². The highest BCUT2D eigenvalue weighted by atomic mass is 19.1. The quantitative estimate of drug-likeness (QED) is 0.826. The van der Waals surface area contributed by atoms with Crippen LogP contribution in [0.25, 0.3) is 0 Å². The first-order valence-electron chi connectivity index (χ1n) is 5.52. The van der Waals surface area contributed by atoms with Gasteiger partial charge in [-0.15, -0.1) is 0 Å². The average Bonchev–Trinajstić information content (AvgIpc) is 2.68. The molecular formula is C12H13F2NO2. The van der Waals surface area contributed by atoms with Crippen molar-refractivity contribution in [3.63, 3.8) is 0 Å². The fourth-order valence-electron chi connectivity index (χ4n) is 2.03. The number of carbonyl (C=O) groups is 1. The summed E-state index contributed by atoms with van der Waals surface area (Å²) in [6.07, 6.45) is 1.49. The van der Waals surface area contributed by atoms with E-state index >= 15 is 0 Å². The molecule has 92 valence electrons. The van der Waals surface area contributed by atoms with Crippen molar-refractivity contribution in [2.24, 2.45) is 0 Å². The number of hydrogen-bond donors (Lipinski definition) is 2. The number of hydrogen-bond acceptors (Lipinski definition) is 2. The Kier molecular flexibility index (Phi) is 3.38. The molecule has 1 fully saturated rings. The molecule has 2 atom stereocenters. The summed E-state index contributed by atoms with van der Waals surface area (Å²) in [6.45, 7) is 0. The third-order valence-corrected chi connectivity index (χ3v) is 2.97. The smallest absolute Gasteiger partial charge is 0.254 e. The van der Waals surface area contributed by atoms with Crippen molar-refractivity contribution in [2.75, 3.05) is 0 Å². The average molecular weight is 241 g/mol. The second-order valence-electron chi connectivity index (χ2n) is 4.20. The second kappa shape index (κ2) is 4.79. The normalized spacial score (nSPS) is 23.7. The maximum absolute atomic E-state index is 13.3. The Morgan fingerprint density at radius 2 is 2.12 bits per heavy atom. The summed E-state index contributed by atoms with van der Waals surface area (Å²) in [4.78, 5) is 11.7. The van der Waals surface area contributed by atoms with Crippen LogP contribution in [-0.4, -0.2) is 23.2 Å². The highest BCUT2D eigenvalue weighted by Gasteiger charge is 2.27. The monoisotopic (exact) mass is 241 g/mol. The lowest BCUT2D eigenvalue weighted by atomic mass is 10.1. The summed E-state index contributed by atoms with van der Waals surface area (Å²) in [6, 6.07) is 2.35. The Bertz CT molecular complexity index is 437. The molecule has 0 aliphatic heterocycles. The Labute approximate surface area is 97.5 Å². The van der Waals surface area contributed by atoms with Gasteiger partial charge in [0.2, 0.25) is 0 Å². The van der Waals surface area contributed by atoms with Crippen LogP contribution in [-0.2, 0) is 0 Å². The van der Waals surface area contributed by atoms with Crippen molar-refractivity contribution in [2.45, 2.75) is 31.4 Å². The van der Waals surface area contributed by atoms with E-state index in [0.29, 0.717) is 12.8 Å². The third kappa shape index (κ3) is 2.61. The Morgan fingerprint density at radius 1 is 1.35 bits per heavy atom. The van der Waals surface area contributed by atoms with Gasteiger partial charge in [0.15, 0.2) is 0 Å². The second-order valence-corrected chi connectivity index (χ2v) is 4.20. The molecule has 2 rings (SSSR count). The van der Waals surface area contributed by atoms with Gasteiger partial charge in [0.05, 0.1) is 17.7 Å². The maximum Gasteiger partial charge on any atom is 0.254 e. The summed E-state index contributed by atoms with van der Waals surface area (Å²) in [7, 11) is 0. The van der Waals surface area contributed by atoms with Crippen molar-refractivity contribution in [1.29, 1.82) is 0 Å². The van der Waals surface area contributed by atoms with Crippen LogP contribution in [0.2, 0.25) is 0 Å². The van der Waals surface area contributed by atoms with E-state index in [9.17, 15) is 18.7 Å². The van der Waals surface area contributed by atoms with Gasteiger partial charge >= 0.3 is 0 Å². The van der Waals surface area contributed by atoms with Crippen molar-refractivity contribution in [1.82, 2.24) is 5.32 Å². The SMILES string of the molecule is O=C(N[C@@H]1CCC[C@@H]1O)c1cc(F)ccc1F. The number of rotatable bonds is 2. The lowest BCUT2D eigenvalue weighted by Crippen LogP contribution is -2.40. The Balaban J connectivity index is 2.11. The Hall–Kier alpha value is -1.49. The van der Waals surface area contributed by atoms with E-state index in [1.807, 2.05) is 0 Å². The van der Waals surface area contributed by atoms with Crippen molar-refractivity contribution in [3.05, 3.63) is 35.4 Å². The van der Waals surface area contributed by atoms with Gasteiger partial charge in [0.1, 0.15) is 11.6 Å². The lowest BCUT2D eigenvalue weighted by Gasteiger charge is -2.16. The molecule has 1 amide bonds. The lowest BCUT2D eigenvalue weighted by molar-refractivity contribution is 0.0869. The largest absolute Gasteiger partial charge is 0.391 e. The summed E-state index contributed by atoms with van der Waals surface area (Å²) in [5.74, 6) is -2.12. The zero-order valence-corrected chi connectivity index (χ0v) is 9.12. The fourth-order valence-corrected chi connectivity index (χ4v) is 2.03. The van der Waals surface area contributed by atoms with Gasteiger partial charge in [0.25, 0.3) is 5.91 Å². The van der Waals surface area contributed by atoms with Gasteiger partial charge in [-0.3, -0.25) is 4.79 Å². The van der Waals surface area contributed by atoms with Gasteiger partial charge in [-0.05, 0) is 37.5 Å². The van der Waals surface area contributed by atoms with E-state index in [2.05, 4.69) is 5.32 Å². The van der Waals surface area contributed by atoms with Gasteiger partial charge in [-0.25, -0.2) is 8.78 Å². The molecule has 5 heteroatoms. The van der Waals surface area contributed by atoms with Crippen LogP contribution in [0.1, 0.15) is 29.6 Å². The molecule has 3 nitrogen and oxygen atoms in total. The number of carbonyl (C=O) groups excluding carboxylic acids is 1. The Morgan fingerprint density at radius 3 is 2.76 bits per heavy atom. The zero-order chi connectivity index (χ0) is 12.4.